The highest BCUT2D eigenvalue weighted by Crippen LogP contribution is 2.32. The number of benzene rings is 2. The van der Waals surface area contributed by atoms with E-state index in [1.807, 2.05) is 50.2 Å². The van der Waals surface area contributed by atoms with Crippen LogP contribution in [0.15, 0.2) is 47.4 Å². The fourth-order valence-electron chi connectivity index (χ4n) is 3.76. The molecule has 7 heteroatoms. The molecule has 0 bridgehead atoms. The van der Waals surface area contributed by atoms with Crippen LogP contribution in [-0.2, 0) is 9.59 Å². The molecule has 4 rings (SSSR count). The molecule has 2 aliphatic rings. The second-order valence-electron chi connectivity index (χ2n) is 7.85. The third-order valence-corrected chi connectivity index (χ3v) is 6.62. The Labute approximate surface area is 186 Å². The van der Waals surface area contributed by atoms with E-state index in [9.17, 15) is 14.4 Å². The number of aryl methyl sites for hydroxylation is 1. The Morgan fingerprint density at radius 3 is 2.48 bits per heavy atom. The van der Waals surface area contributed by atoms with Gasteiger partial charge in [-0.25, -0.2) is 0 Å². The van der Waals surface area contributed by atoms with Crippen molar-refractivity contribution >= 4 is 46.3 Å². The van der Waals surface area contributed by atoms with Crippen LogP contribution in [0, 0.1) is 13.8 Å². The molecule has 2 aromatic rings. The highest BCUT2D eigenvalue weighted by atomic mass is 32.2. The lowest BCUT2D eigenvalue weighted by atomic mass is 10.1. The zero-order valence-corrected chi connectivity index (χ0v) is 18.5. The molecule has 2 aromatic carbocycles. The number of thioether (sulfide) groups is 1. The predicted octanol–water partition coefficient (Wildman–Crippen LogP) is 4.58. The first kappa shape index (κ1) is 21.2. The van der Waals surface area contributed by atoms with Crippen LogP contribution in [0.2, 0.25) is 0 Å². The van der Waals surface area contributed by atoms with Crippen molar-refractivity contribution in [2.45, 2.75) is 26.7 Å². The molecule has 0 spiro atoms. The van der Waals surface area contributed by atoms with Crippen LogP contribution in [0.3, 0.4) is 0 Å². The van der Waals surface area contributed by atoms with Gasteiger partial charge in [-0.15, -0.1) is 0 Å². The first-order valence-corrected chi connectivity index (χ1v) is 11.2. The monoisotopic (exact) mass is 435 g/mol. The van der Waals surface area contributed by atoms with E-state index < -0.39 is 17.1 Å². The number of rotatable bonds is 5. The molecule has 2 aliphatic heterocycles. The highest BCUT2D eigenvalue weighted by Gasteiger charge is 2.36. The zero-order valence-electron chi connectivity index (χ0n) is 17.7. The number of anilines is 2. The van der Waals surface area contributed by atoms with Gasteiger partial charge in [-0.2, -0.15) is 0 Å². The summed E-state index contributed by atoms with van der Waals surface area (Å²) in [4.78, 5) is 41.2. The van der Waals surface area contributed by atoms with Gasteiger partial charge in [0.1, 0.15) is 6.54 Å². The van der Waals surface area contributed by atoms with Crippen molar-refractivity contribution in [3.8, 4) is 0 Å². The SMILES string of the molecule is Cc1cccc(NC(=O)CN2C(=O)S/C(=C/c3ccc(N4CCCC4)cc3)C2=O)c1C. The summed E-state index contributed by atoms with van der Waals surface area (Å²) < 4.78 is 0. The van der Waals surface area contributed by atoms with Crippen LogP contribution in [0.4, 0.5) is 16.2 Å². The first-order valence-electron chi connectivity index (χ1n) is 10.4. The van der Waals surface area contributed by atoms with Gasteiger partial charge in [0.25, 0.3) is 11.1 Å². The molecule has 3 amide bonds. The quantitative estimate of drug-likeness (QED) is 0.697. The average Bonchev–Trinajstić information content (AvgIpc) is 3.37. The van der Waals surface area contributed by atoms with Gasteiger partial charge in [0, 0.05) is 24.5 Å². The fourth-order valence-corrected chi connectivity index (χ4v) is 4.60. The van der Waals surface area contributed by atoms with E-state index >= 15 is 0 Å². The lowest BCUT2D eigenvalue weighted by Gasteiger charge is -2.17. The summed E-state index contributed by atoms with van der Waals surface area (Å²) in [6, 6.07) is 13.6. The van der Waals surface area contributed by atoms with Crippen LogP contribution in [0.1, 0.15) is 29.5 Å². The Bertz CT molecular complexity index is 1060. The van der Waals surface area contributed by atoms with Crippen LogP contribution in [0.25, 0.3) is 6.08 Å². The normalized spacial score (nSPS) is 17.7. The number of nitrogens with one attached hydrogen (secondary N) is 1. The maximum absolute atomic E-state index is 12.7. The maximum atomic E-state index is 12.7. The predicted molar refractivity (Wildman–Crippen MR) is 125 cm³/mol. The summed E-state index contributed by atoms with van der Waals surface area (Å²) in [6.45, 7) is 5.72. The molecule has 160 valence electrons. The van der Waals surface area contributed by atoms with Gasteiger partial charge in [-0.3, -0.25) is 19.3 Å². The molecule has 2 saturated heterocycles. The van der Waals surface area contributed by atoms with Gasteiger partial charge < -0.3 is 10.2 Å². The standard InChI is InChI=1S/C24H25N3O3S/c1-16-6-5-7-20(17(16)2)25-22(28)15-27-23(29)21(31-24(27)30)14-18-8-10-19(11-9-18)26-12-3-4-13-26/h5-11,14H,3-4,12-13,15H2,1-2H3,(H,25,28)/b21-14+. The summed E-state index contributed by atoms with van der Waals surface area (Å²) >= 11 is 0.868. The Balaban J connectivity index is 1.42. The van der Waals surface area contributed by atoms with Crippen LogP contribution < -0.4 is 10.2 Å². The molecule has 2 fully saturated rings. The molecule has 31 heavy (non-hydrogen) atoms. The van der Waals surface area contributed by atoms with E-state index in [0.717, 1.165) is 46.4 Å². The Kier molecular flexibility index (Phi) is 6.13. The minimum absolute atomic E-state index is 0.302. The van der Waals surface area contributed by atoms with Gasteiger partial charge in [0.2, 0.25) is 5.91 Å². The lowest BCUT2D eigenvalue weighted by Crippen LogP contribution is -2.36. The molecule has 2 heterocycles. The van der Waals surface area contributed by atoms with Gasteiger partial charge in [-0.05, 0) is 79.4 Å². The topological polar surface area (TPSA) is 69.7 Å². The number of hydrogen-bond donors (Lipinski definition) is 1. The summed E-state index contributed by atoms with van der Waals surface area (Å²) in [5.41, 5.74) is 4.73. The molecular formula is C24H25N3O3S. The summed E-state index contributed by atoms with van der Waals surface area (Å²) in [6.07, 6.45) is 4.14. The second kappa shape index (κ2) is 8.98. The van der Waals surface area contributed by atoms with Crippen molar-refractivity contribution < 1.29 is 14.4 Å². The van der Waals surface area contributed by atoms with Crippen LogP contribution >= 0.6 is 11.8 Å². The lowest BCUT2D eigenvalue weighted by molar-refractivity contribution is -0.127. The van der Waals surface area contributed by atoms with Gasteiger partial charge in [0.15, 0.2) is 0 Å². The van der Waals surface area contributed by atoms with E-state index in [2.05, 4.69) is 10.2 Å². The molecule has 1 N–H and O–H groups in total. The van der Waals surface area contributed by atoms with Crippen molar-refractivity contribution in [3.05, 3.63) is 64.1 Å². The number of hydrogen-bond acceptors (Lipinski definition) is 5. The molecule has 0 radical (unpaired) electrons. The number of amides is 3. The van der Waals surface area contributed by atoms with Crippen molar-refractivity contribution in [1.82, 2.24) is 4.90 Å². The largest absolute Gasteiger partial charge is 0.372 e. The van der Waals surface area contributed by atoms with Gasteiger partial charge >= 0.3 is 0 Å². The number of imide groups is 1. The summed E-state index contributed by atoms with van der Waals surface area (Å²) in [5.74, 6) is -0.832. The molecule has 0 aliphatic carbocycles. The Morgan fingerprint density at radius 2 is 1.77 bits per heavy atom. The number of nitrogens with zero attached hydrogens (tertiary/aromatic N) is 2. The maximum Gasteiger partial charge on any atom is 0.294 e. The highest BCUT2D eigenvalue weighted by molar-refractivity contribution is 8.18. The van der Waals surface area contributed by atoms with E-state index in [-0.39, 0.29) is 6.54 Å². The van der Waals surface area contributed by atoms with Crippen molar-refractivity contribution in [2.75, 3.05) is 29.9 Å². The average molecular weight is 436 g/mol. The Morgan fingerprint density at radius 1 is 1.06 bits per heavy atom. The molecule has 0 aromatic heterocycles. The molecule has 6 nitrogen and oxygen atoms in total. The molecular weight excluding hydrogens is 410 g/mol. The van der Waals surface area contributed by atoms with Crippen molar-refractivity contribution in [1.29, 1.82) is 0 Å². The van der Waals surface area contributed by atoms with Crippen molar-refractivity contribution in [3.63, 3.8) is 0 Å². The van der Waals surface area contributed by atoms with Crippen molar-refractivity contribution in [2.24, 2.45) is 0 Å². The van der Waals surface area contributed by atoms with Crippen LogP contribution in [0.5, 0.6) is 0 Å². The molecule has 0 saturated carbocycles. The second-order valence-corrected chi connectivity index (χ2v) is 8.84. The number of carbonyl (C=O) groups excluding carboxylic acids is 3. The third kappa shape index (κ3) is 4.66. The van der Waals surface area contributed by atoms with E-state index in [0.29, 0.717) is 10.6 Å². The zero-order chi connectivity index (χ0) is 22.0. The third-order valence-electron chi connectivity index (χ3n) is 5.72. The number of carbonyl (C=O) groups is 3. The fraction of sp³-hybridized carbons (Fsp3) is 0.292. The molecule has 0 unspecified atom stereocenters. The Hall–Kier alpha value is -3.06. The summed E-state index contributed by atoms with van der Waals surface area (Å²) in [7, 11) is 0. The van der Waals surface area contributed by atoms with E-state index in [1.54, 1.807) is 12.1 Å². The smallest absolute Gasteiger partial charge is 0.294 e. The summed E-state index contributed by atoms with van der Waals surface area (Å²) in [5, 5.41) is 2.37. The van der Waals surface area contributed by atoms with E-state index in [1.165, 1.54) is 18.5 Å². The van der Waals surface area contributed by atoms with Crippen LogP contribution in [-0.4, -0.2) is 41.6 Å². The molecule has 0 atom stereocenters. The van der Waals surface area contributed by atoms with Gasteiger partial charge in [0.05, 0.1) is 4.91 Å². The minimum atomic E-state index is -0.435. The van der Waals surface area contributed by atoms with Gasteiger partial charge in [-0.1, -0.05) is 24.3 Å². The minimum Gasteiger partial charge on any atom is -0.372 e. The van der Waals surface area contributed by atoms with E-state index in [4.69, 9.17) is 0 Å². The first-order chi connectivity index (χ1) is 14.9.